The summed E-state index contributed by atoms with van der Waals surface area (Å²) in [5.74, 6) is -1.88. The highest BCUT2D eigenvalue weighted by atomic mass is 16.5. The molecule has 0 saturated carbocycles. The van der Waals surface area contributed by atoms with E-state index in [0.717, 1.165) is 5.56 Å². The first-order valence-corrected chi connectivity index (χ1v) is 11.3. The van der Waals surface area contributed by atoms with Crippen LogP contribution in [0.2, 0.25) is 0 Å². The highest BCUT2D eigenvalue weighted by Gasteiger charge is 2.73. The number of carbonyl (C=O) groups is 3. The van der Waals surface area contributed by atoms with E-state index in [2.05, 4.69) is 15.8 Å². The van der Waals surface area contributed by atoms with E-state index in [9.17, 15) is 14.4 Å². The molecule has 2 fully saturated rings. The molecule has 3 aliphatic rings. The van der Waals surface area contributed by atoms with Gasteiger partial charge in [0.2, 0.25) is 17.7 Å². The smallest absolute Gasteiger partial charge is 0.246 e. The number of rotatable bonds is 4. The number of amides is 3. The average Bonchev–Trinajstić information content (AvgIpc) is 3.48. The van der Waals surface area contributed by atoms with Crippen molar-refractivity contribution in [2.24, 2.45) is 11.8 Å². The fourth-order valence-corrected chi connectivity index (χ4v) is 5.34. The Labute approximate surface area is 197 Å². The maximum atomic E-state index is 14.0. The van der Waals surface area contributed by atoms with E-state index in [4.69, 9.17) is 9.26 Å². The van der Waals surface area contributed by atoms with Gasteiger partial charge in [-0.2, -0.15) is 0 Å². The summed E-state index contributed by atoms with van der Waals surface area (Å²) in [5.41, 5.74) is -0.301. The molecule has 2 saturated heterocycles. The number of nitrogens with zero attached hydrogens (tertiary/aromatic N) is 2. The van der Waals surface area contributed by atoms with Crippen LogP contribution in [0.25, 0.3) is 0 Å². The standard InChI is InChI=1S/C25H28N4O5/c1-13-8-6-7-9-15(13)29-20(22(31)27-24(3,4)5)25-11-10-16(33-25)18(19(25)23(29)32)21(30)26-17-12-14(2)34-28-17/h6-12,16,18-20H,1-5H3,(H,27,31)(H,26,28,30)/t16-,18+,19-,20+,25+/m1/s1. The number of carbonyl (C=O) groups excluding carboxylic acids is 3. The number of para-hydroxylation sites is 1. The van der Waals surface area contributed by atoms with Crippen LogP contribution < -0.4 is 15.5 Å². The fourth-order valence-electron chi connectivity index (χ4n) is 5.34. The SMILES string of the molecule is Cc1cc(NC(=O)[C@H]2[C@H]3C=C[C@@]4(O3)[C@H](C(=O)NC(C)(C)C)N(c3ccccc3C)C(=O)[C@@H]24)no1. The maximum Gasteiger partial charge on any atom is 0.246 e. The molecule has 1 aromatic heterocycles. The number of benzene rings is 1. The van der Waals surface area contributed by atoms with Crippen molar-refractivity contribution < 1.29 is 23.6 Å². The van der Waals surface area contributed by atoms with Crippen molar-refractivity contribution in [3.63, 3.8) is 0 Å². The first-order chi connectivity index (χ1) is 16.0. The molecule has 0 aliphatic carbocycles. The predicted octanol–water partition coefficient (Wildman–Crippen LogP) is 2.50. The van der Waals surface area contributed by atoms with E-state index in [1.165, 1.54) is 4.90 Å². The quantitative estimate of drug-likeness (QED) is 0.672. The zero-order valence-electron chi connectivity index (χ0n) is 19.8. The second-order valence-corrected chi connectivity index (χ2v) is 10.2. The second-order valence-electron chi connectivity index (χ2n) is 10.2. The lowest BCUT2D eigenvalue weighted by molar-refractivity contribution is -0.129. The Kier molecular flexibility index (Phi) is 4.95. The monoisotopic (exact) mass is 464 g/mol. The molecule has 1 spiro atoms. The van der Waals surface area contributed by atoms with Gasteiger partial charge in [0, 0.05) is 17.3 Å². The number of fused-ring (bicyclic) bond motifs is 1. The van der Waals surface area contributed by atoms with Crippen LogP contribution in [0.15, 0.2) is 47.0 Å². The van der Waals surface area contributed by atoms with Gasteiger partial charge in [-0.3, -0.25) is 19.3 Å². The summed E-state index contributed by atoms with van der Waals surface area (Å²) < 4.78 is 11.4. The summed E-state index contributed by atoms with van der Waals surface area (Å²) in [5, 5.41) is 9.57. The third-order valence-corrected chi connectivity index (χ3v) is 6.58. The Bertz CT molecular complexity index is 1210. The third kappa shape index (κ3) is 3.34. The van der Waals surface area contributed by atoms with E-state index in [1.54, 1.807) is 25.1 Å². The molecule has 3 aliphatic heterocycles. The van der Waals surface area contributed by atoms with Gasteiger partial charge in [0.15, 0.2) is 5.82 Å². The van der Waals surface area contributed by atoms with Crippen LogP contribution in [-0.2, 0) is 19.1 Å². The number of aryl methyl sites for hydroxylation is 2. The van der Waals surface area contributed by atoms with Crippen molar-refractivity contribution in [2.75, 3.05) is 10.2 Å². The molecule has 2 bridgehead atoms. The van der Waals surface area contributed by atoms with Crippen LogP contribution in [0, 0.1) is 25.7 Å². The van der Waals surface area contributed by atoms with Gasteiger partial charge in [-0.25, -0.2) is 0 Å². The molecule has 2 N–H and O–H groups in total. The highest BCUT2D eigenvalue weighted by molar-refractivity contribution is 6.11. The van der Waals surface area contributed by atoms with Gasteiger partial charge in [0.1, 0.15) is 17.4 Å². The number of nitrogens with one attached hydrogen (secondary N) is 2. The minimum absolute atomic E-state index is 0.270. The van der Waals surface area contributed by atoms with Gasteiger partial charge < -0.3 is 19.9 Å². The van der Waals surface area contributed by atoms with E-state index in [1.807, 2.05) is 52.0 Å². The van der Waals surface area contributed by atoms with E-state index in [0.29, 0.717) is 11.4 Å². The van der Waals surface area contributed by atoms with Gasteiger partial charge in [0.25, 0.3) is 0 Å². The van der Waals surface area contributed by atoms with E-state index in [-0.39, 0.29) is 17.6 Å². The van der Waals surface area contributed by atoms with Gasteiger partial charge in [-0.05, 0) is 46.2 Å². The number of anilines is 2. The minimum atomic E-state index is -1.25. The summed E-state index contributed by atoms with van der Waals surface area (Å²) >= 11 is 0. The Hall–Kier alpha value is -3.46. The molecule has 178 valence electrons. The Morgan fingerprint density at radius 3 is 2.53 bits per heavy atom. The van der Waals surface area contributed by atoms with E-state index < -0.39 is 41.0 Å². The Morgan fingerprint density at radius 2 is 1.88 bits per heavy atom. The topological polar surface area (TPSA) is 114 Å². The first-order valence-electron chi connectivity index (χ1n) is 11.3. The second kappa shape index (κ2) is 7.53. The number of aromatic nitrogens is 1. The molecule has 34 heavy (non-hydrogen) atoms. The molecule has 9 nitrogen and oxygen atoms in total. The largest absolute Gasteiger partial charge is 0.360 e. The van der Waals surface area contributed by atoms with Gasteiger partial charge in [-0.1, -0.05) is 35.5 Å². The van der Waals surface area contributed by atoms with Crippen molar-refractivity contribution in [1.82, 2.24) is 10.5 Å². The summed E-state index contributed by atoms with van der Waals surface area (Å²) in [4.78, 5) is 42.5. The summed E-state index contributed by atoms with van der Waals surface area (Å²) in [7, 11) is 0. The van der Waals surface area contributed by atoms with Gasteiger partial charge in [-0.15, -0.1) is 0 Å². The van der Waals surface area contributed by atoms with Crippen molar-refractivity contribution in [3.8, 4) is 0 Å². The molecule has 1 aromatic carbocycles. The van der Waals surface area contributed by atoms with Crippen LogP contribution >= 0.6 is 0 Å². The van der Waals surface area contributed by atoms with Crippen LogP contribution in [0.5, 0.6) is 0 Å². The van der Waals surface area contributed by atoms with Crippen molar-refractivity contribution >= 4 is 29.2 Å². The molecule has 4 heterocycles. The summed E-state index contributed by atoms with van der Waals surface area (Å²) in [6.07, 6.45) is 2.95. The molecule has 3 amide bonds. The molecule has 9 heteroatoms. The average molecular weight is 465 g/mol. The third-order valence-electron chi connectivity index (χ3n) is 6.58. The van der Waals surface area contributed by atoms with Crippen LogP contribution in [0.3, 0.4) is 0 Å². The lowest BCUT2D eigenvalue weighted by atomic mass is 9.74. The molecule has 5 atom stereocenters. The lowest BCUT2D eigenvalue weighted by Crippen LogP contribution is -2.58. The fraction of sp³-hybridized carbons (Fsp3) is 0.440. The minimum Gasteiger partial charge on any atom is -0.360 e. The molecule has 0 unspecified atom stereocenters. The zero-order valence-corrected chi connectivity index (χ0v) is 19.8. The Morgan fingerprint density at radius 1 is 1.15 bits per heavy atom. The molecule has 2 aromatic rings. The maximum absolute atomic E-state index is 14.0. The predicted molar refractivity (Wildman–Crippen MR) is 124 cm³/mol. The lowest BCUT2D eigenvalue weighted by Gasteiger charge is -2.34. The highest BCUT2D eigenvalue weighted by Crippen LogP contribution is 2.56. The van der Waals surface area contributed by atoms with Crippen molar-refractivity contribution in [2.45, 2.75) is 57.9 Å². The zero-order chi connectivity index (χ0) is 24.4. The summed E-state index contributed by atoms with van der Waals surface area (Å²) in [6.45, 7) is 9.26. The Balaban J connectivity index is 1.57. The molecular weight excluding hydrogens is 436 g/mol. The van der Waals surface area contributed by atoms with Crippen molar-refractivity contribution in [1.29, 1.82) is 0 Å². The van der Waals surface area contributed by atoms with Gasteiger partial charge in [0.05, 0.1) is 17.9 Å². The van der Waals surface area contributed by atoms with Crippen molar-refractivity contribution in [3.05, 3.63) is 53.8 Å². The summed E-state index contributed by atoms with van der Waals surface area (Å²) in [6, 6.07) is 8.04. The van der Waals surface area contributed by atoms with E-state index >= 15 is 0 Å². The molecule has 5 rings (SSSR count). The number of hydrogen-bond donors (Lipinski definition) is 2. The number of hydrogen-bond acceptors (Lipinski definition) is 6. The van der Waals surface area contributed by atoms with Gasteiger partial charge >= 0.3 is 0 Å². The first kappa shape index (κ1) is 22.3. The molecule has 0 radical (unpaired) electrons. The van der Waals surface area contributed by atoms with Crippen LogP contribution in [0.4, 0.5) is 11.5 Å². The molecular formula is C25H28N4O5. The van der Waals surface area contributed by atoms with Crippen LogP contribution in [0.1, 0.15) is 32.1 Å². The number of ether oxygens (including phenoxy) is 1. The normalized spacial score (nSPS) is 29.4. The van der Waals surface area contributed by atoms with Crippen LogP contribution in [-0.4, -0.2) is 46.2 Å².